The van der Waals surface area contributed by atoms with E-state index in [4.69, 9.17) is 0 Å². The molecular formula is C24H29N7O. The van der Waals surface area contributed by atoms with Gasteiger partial charge in [-0.15, -0.1) is 0 Å². The van der Waals surface area contributed by atoms with Crippen LogP contribution in [0.1, 0.15) is 36.7 Å². The van der Waals surface area contributed by atoms with Gasteiger partial charge in [-0.3, -0.25) is 9.36 Å². The van der Waals surface area contributed by atoms with E-state index in [0.29, 0.717) is 19.5 Å². The first-order valence-electron chi connectivity index (χ1n) is 11.0. The van der Waals surface area contributed by atoms with Crippen LogP contribution in [0.3, 0.4) is 0 Å². The number of aliphatic imine (C=N–C) groups is 1. The van der Waals surface area contributed by atoms with Gasteiger partial charge in [0.15, 0.2) is 5.96 Å². The summed E-state index contributed by atoms with van der Waals surface area (Å²) in [5, 5.41) is 6.65. The van der Waals surface area contributed by atoms with Crippen LogP contribution in [-0.4, -0.2) is 39.5 Å². The lowest BCUT2D eigenvalue weighted by molar-refractivity contribution is -0.117. The van der Waals surface area contributed by atoms with Crippen LogP contribution >= 0.6 is 0 Å². The molecule has 0 bridgehead atoms. The summed E-state index contributed by atoms with van der Waals surface area (Å²) in [6, 6.07) is 12.1. The van der Waals surface area contributed by atoms with Gasteiger partial charge < -0.3 is 15.5 Å². The number of nitrogens with zero attached hydrogens (tertiary/aromatic N) is 5. The zero-order valence-corrected chi connectivity index (χ0v) is 18.6. The summed E-state index contributed by atoms with van der Waals surface area (Å²) in [5.74, 6) is 2.71. The maximum atomic E-state index is 11.9. The van der Waals surface area contributed by atoms with Crippen LogP contribution in [0.2, 0.25) is 0 Å². The van der Waals surface area contributed by atoms with Crippen LogP contribution in [0, 0.1) is 6.92 Å². The third-order valence-electron chi connectivity index (χ3n) is 5.43. The molecule has 3 aromatic rings. The summed E-state index contributed by atoms with van der Waals surface area (Å²) in [7, 11) is 0. The SMILES string of the molecule is CCNC(=NCc1ccc(-n2ccnc2C)nc1)NCc1ccc(N2CCCC2=O)cc1. The van der Waals surface area contributed by atoms with Crippen LogP contribution in [0.4, 0.5) is 5.69 Å². The molecule has 1 aliphatic heterocycles. The molecular weight excluding hydrogens is 402 g/mol. The minimum Gasteiger partial charge on any atom is -0.357 e. The number of aromatic nitrogens is 3. The van der Waals surface area contributed by atoms with Crippen molar-refractivity contribution in [1.82, 2.24) is 25.2 Å². The van der Waals surface area contributed by atoms with E-state index in [-0.39, 0.29) is 5.91 Å². The van der Waals surface area contributed by atoms with Crippen LogP contribution in [0.25, 0.3) is 5.82 Å². The standard InChI is InChI=1S/C24H29N7O/c1-3-25-24(28-15-19-6-9-21(10-7-19)31-13-4-5-23(31)32)29-17-20-8-11-22(27-16-20)30-14-12-26-18(30)2/h6-12,14,16H,3-5,13,15,17H2,1-2H3,(H2,25,28,29). The molecule has 1 saturated heterocycles. The number of carbonyl (C=O) groups excluding carboxylic acids is 1. The Morgan fingerprint density at radius 3 is 2.53 bits per heavy atom. The molecule has 1 amide bonds. The molecule has 1 aliphatic rings. The topological polar surface area (TPSA) is 87.4 Å². The number of carbonyl (C=O) groups is 1. The predicted molar refractivity (Wildman–Crippen MR) is 126 cm³/mol. The lowest BCUT2D eigenvalue weighted by Crippen LogP contribution is -2.36. The second-order valence-corrected chi connectivity index (χ2v) is 7.73. The fraction of sp³-hybridized carbons (Fsp3) is 0.333. The van der Waals surface area contributed by atoms with Crippen molar-refractivity contribution in [3.63, 3.8) is 0 Å². The second kappa shape index (κ2) is 10.1. The first-order chi connectivity index (χ1) is 15.6. The largest absolute Gasteiger partial charge is 0.357 e. The summed E-state index contributed by atoms with van der Waals surface area (Å²) >= 11 is 0. The molecule has 0 saturated carbocycles. The Bertz CT molecular complexity index is 1070. The number of anilines is 1. The quantitative estimate of drug-likeness (QED) is 0.444. The molecule has 1 aromatic carbocycles. The number of pyridine rings is 1. The van der Waals surface area contributed by atoms with Crippen LogP contribution in [-0.2, 0) is 17.9 Å². The Morgan fingerprint density at radius 2 is 1.91 bits per heavy atom. The van der Waals surface area contributed by atoms with Crippen molar-refractivity contribution >= 4 is 17.6 Å². The number of imidazole rings is 1. The van der Waals surface area contributed by atoms with E-state index < -0.39 is 0 Å². The average Bonchev–Trinajstić information content (AvgIpc) is 3.44. The summed E-state index contributed by atoms with van der Waals surface area (Å²) in [6.45, 7) is 6.76. The zero-order valence-electron chi connectivity index (χ0n) is 18.6. The Hall–Kier alpha value is -3.68. The van der Waals surface area contributed by atoms with Gasteiger partial charge in [0.25, 0.3) is 0 Å². The molecule has 0 unspecified atom stereocenters. The van der Waals surface area contributed by atoms with Crippen molar-refractivity contribution in [1.29, 1.82) is 0 Å². The Morgan fingerprint density at radius 1 is 1.09 bits per heavy atom. The number of nitrogens with one attached hydrogen (secondary N) is 2. The lowest BCUT2D eigenvalue weighted by atomic mass is 10.2. The molecule has 0 atom stereocenters. The van der Waals surface area contributed by atoms with Crippen LogP contribution in [0.5, 0.6) is 0 Å². The average molecular weight is 432 g/mol. The van der Waals surface area contributed by atoms with Gasteiger partial charge in [-0.2, -0.15) is 0 Å². The molecule has 2 N–H and O–H groups in total. The van der Waals surface area contributed by atoms with Gasteiger partial charge in [-0.25, -0.2) is 15.0 Å². The number of rotatable bonds is 7. The first kappa shape index (κ1) is 21.5. The van der Waals surface area contributed by atoms with Gasteiger partial charge in [0, 0.05) is 50.3 Å². The summed E-state index contributed by atoms with van der Waals surface area (Å²) in [6.07, 6.45) is 7.10. The van der Waals surface area contributed by atoms with E-state index in [1.807, 2.05) is 60.0 Å². The van der Waals surface area contributed by atoms with Crippen LogP contribution in [0.15, 0.2) is 60.0 Å². The molecule has 166 valence electrons. The van der Waals surface area contributed by atoms with Crippen molar-refractivity contribution in [2.75, 3.05) is 18.0 Å². The molecule has 8 nitrogen and oxygen atoms in total. The number of amides is 1. The molecule has 1 fully saturated rings. The zero-order chi connectivity index (χ0) is 22.3. The minimum atomic E-state index is 0.208. The van der Waals surface area contributed by atoms with Gasteiger partial charge in [0.1, 0.15) is 11.6 Å². The van der Waals surface area contributed by atoms with Crippen molar-refractivity contribution in [3.05, 3.63) is 71.9 Å². The Kier molecular flexibility index (Phi) is 6.79. The molecule has 8 heteroatoms. The molecule has 3 heterocycles. The van der Waals surface area contributed by atoms with Crippen molar-refractivity contribution in [3.8, 4) is 5.82 Å². The number of hydrogen-bond donors (Lipinski definition) is 2. The van der Waals surface area contributed by atoms with Crippen molar-refractivity contribution in [2.24, 2.45) is 4.99 Å². The fourth-order valence-electron chi connectivity index (χ4n) is 3.69. The number of benzene rings is 1. The third-order valence-corrected chi connectivity index (χ3v) is 5.43. The predicted octanol–water partition coefficient (Wildman–Crippen LogP) is 2.96. The van der Waals surface area contributed by atoms with E-state index >= 15 is 0 Å². The molecule has 32 heavy (non-hydrogen) atoms. The van der Waals surface area contributed by atoms with E-state index in [1.165, 1.54) is 0 Å². The normalized spacial score (nSPS) is 14.1. The summed E-state index contributed by atoms with van der Waals surface area (Å²) in [4.78, 5) is 27.2. The fourth-order valence-corrected chi connectivity index (χ4v) is 3.69. The van der Waals surface area contributed by atoms with Gasteiger partial charge in [-0.1, -0.05) is 18.2 Å². The molecule has 0 radical (unpaired) electrons. The monoisotopic (exact) mass is 431 g/mol. The molecule has 0 aliphatic carbocycles. The van der Waals surface area contributed by atoms with E-state index in [1.54, 1.807) is 6.20 Å². The van der Waals surface area contributed by atoms with E-state index in [9.17, 15) is 4.79 Å². The third kappa shape index (κ3) is 5.14. The lowest BCUT2D eigenvalue weighted by Gasteiger charge is -2.16. The highest BCUT2D eigenvalue weighted by Gasteiger charge is 2.21. The first-order valence-corrected chi connectivity index (χ1v) is 11.0. The van der Waals surface area contributed by atoms with Crippen molar-refractivity contribution < 1.29 is 4.79 Å². The van der Waals surface area contributed by atoms with Gasteiger partial charge in [-0.05, 0) is 49.6 Å². The summed E-state index contributed by atoms with van der Waals surface area (Å²) < 4.78 is 1.95. The van der Waals surface area contributed by atoms with E-state index in [2.05, 4.69) is 37.7 Å². The highest BCUT2D eigenvalue weighted by molar-refractivity contribution is 5.95. The highest BCUT2D eigenvalue weighted by atomic mass is 16.2. The van der Waals surface area contributed by atoms with Crippen molar-refractivity contribution in [2.45, 2.75) is 39.8 Å². The van der Waals surface area contributed by atoms with Crippen LogP contribution < -0.4 is 15.5 Å². The number of aryl methyl sites for hydroxylation is 1. The molecule has 2 aromatic heterocycles. The Labute approximate surface area is 188 Å². The molecule has 0 spiro atoms. The van der Waals surface area contributed by atoms with Gasteiger partial charge in [0.05, 0.1) is 6.54 Å². The van der Waals surface area contributed by atoms with Gasteiger partial charge in [0.2, 0.25) is 5.91 Å². The number of hydrogen-bond acceptors (Lipinski definition) is 4. The molecule has 4 rings (SSSR count). The highest BCUT2D eigenvalue weighted by Crippen LogP contribution is 2.21. The maximum absolute atomic E-state index is 11.9. The Balaban J connectivity index is 1.35. The second-order valence-electron chi connectivity index (χ2n) is 7.73. The number of guanidine groups is 1. The minimum absolute atomic E-state index is 0.208. The summed E-state index contributed by atoms with van der Waals surface area (Å²) in [5.41, 5.74) is 3.13. The maximum Gasteiger partial charge on any atom is 0.227 e. The van der Waals surface area contributed by atoms with Gasteiger partial charge >= 0.3 is 0 Å². The smallest absolute Gasteiger partial charge is 0.227 e. The van der Waals surface area contributed by atoms with E-state index in [0.717, 1.165) is 53.9 Å².